The molecule has 1 atom stereocenters. The lowest BCUT2D eigenvalue weighted by Crippen LogP contribution is -2.41. The van der Waals surface area contributed by atoms with E-state index in [1.54, 1.807) is 13.0 Å². The first-order valence-electron chi connectivity index (χ1n) is 9.23. The zero-order chi connectivity index (χ0) is 19.7. The summed E-state index contributed by atoms with van der Waals surface area (Å²) in [6, 6.07) is 4.02. The fraction of sp³-hybridized carbons (Fsp3) is 0.571. The zero-order valence-electron chi connectivity index (χ0n) is 17.4. The van der Waals surface area contributed by atoms with Gasteiger partial charge in [0.25, 0.3) is 0 Å². The van der Waals surface area contributed by atoms with Crippen LogP contribution < -0.4 is 4.74 Å². The highest BCUT2D eigenvalue weighted by Gasteiger charge is 2.36. The van der Waals surface area contributed by atoms with Gasteiger partial charge in [-0.3, -0.25) is 4.79 Å². The number of aryl methyl sites for hydroxylation is 2. The van der Waals surface area contributed by atoms with Crippen molar-refractivity contribution in [3.05, 3.63) is 34.9 Å². The van der Waals surface area contributed by atoms with Crippen LogP contribution in [0.25, 0.3) is 5.76 Å². The van der Waals surface area contributed by atoms with Crippen molar-refractivity contribution in [1.29, 1.82) is 0 Å². The third-order valence-corrected chi connectivity index (χ3v) is 9.86. The van der Waals surface area contributed by atoms with Crippen LogP contribution in [0.4, 0.5) is 0 Å². The van der Waals surface area contributed by atoms with Crippen molar-refractivity contribution in [1.82, 2.24) is 0 Å². The molecule has 1 aliphatic rings. The highest BCUT2D eigenvalue weighted by molar-refractivity contribution is 6.74. The Morgan fingerprint density at radius 1 is 1.12 bits per heavy atom. The predicted octanol–water partition coefficient (Wildman–Crippen LogP) is 5.03. The second-order valence-electron chi connectivity index (χ2n) is 8.57. The highest BCUT2D eigenvalue weighted by Crippen LogP contribution is 2.36. The number of hydrogen-bond acceptors (Lipinski definition) is 4. The van der Waals surface area contributed by atoms with E-state index in [4.69, 9.17) is 13.9 Å². The third kappa shape index (κ3) is 4.57. The van der Waals surface area contributed by atoms with Crippen LogP contribution in [0, 0.1) is 13.8 Å². The van der Waals surface area contributed by atoms with Gasteiger partial charge in [-0.2, -0.15) is 0 Å². The molecule has 0 aromatic heterocycles. The summed E-state index contributed by atoms with van der Waals surface area (Å²) in [4.78, 5) is 11.7. The van der Waals surface area contributed by atoms with Crippen molar-refractivity contribution in [3.8, 4) is 5.75 Å². The molecule has 1 aromatic carbocycles. The van der Waals surface area contributed by atoms with E-state index < -0.39 is 14.4 Å². The normalized spacial score (nSPS) is 17.9. The van der Waals surface area contributed by atoms with Gasteiger partial charge >= 0.3 is 0 Å². The van der Waals surface area contributed by atoms with Gasteiger partial charge < -0.3 is 13.9 Å². The first-order chi connectivity index (χ1) is 11.9. The number of carbonyl (C=O) groups is 1. The van der Waals surface area contributed by atoms with Crippen molar-refractivity contribution >= 4 is 19.9 Å². The first kappa shape index (κ1) is 20.7. The molecule has 0 saturated heterocycles. The summed E-state index contributed by atoms with van der Waals surface area (Å²) >= 11 is 0. The molecule has 2 rings (SSSR count). The molecular formula is C21H32O4Si. The highest BCUT2D eigenvalue weighted by atomic mass is 28.4. The first-order valence-corrected chi connectivity index (χ1v) is 12.1. The molecule has 0 saturated carbocycles. The van der Waals surface area contributed by atoms with Gasteiger partial charge in [-0.1, -0.05) is 20.8 Å². The van der Waals surface area contributed by atoms with Crippen LogP contribution in [0.2, 0.25) is 18.1 Å². The van der Waals surface area contributed by atoms with Gasteiger partial charge in [0.15, 0.2) is 20.2 Å². The minimum atomic E-state index is -1.75. The summed E-state index contributed by atoms with van der Waals surface area (Å²) in [6.07, 6.45) is 1.18. The molecule has 26 heavy (non-hydrogen) atoms. The summed E-state index contributed by atoms with van der Waals surface area (Å²) in [5, 5.41) is 0.198. The number of rotatable bonds is 6. The predicted molar refractivity (Wildman–Crippen MR) is 108 cm³/mol. The van der Waals surface area contributed by atoms with Crippen LogP contribution in [0.15, 0.2) is 18.2 Å². The number of carbonyl (C=O) groups excluding carboxylic acids is 1. The monoisotopic (exact) mass is 376 g/mol. The number of ketones is 1. The molecule has 0 amide bonds. The van der Waals surface area contributed by atoms with Gasteiger partial charge in [0.05, 0.1) is 6.61 Å². The second-order valence-corrected chi connectivity index (χ2v) is 13.4. The van der Waals surface area contributed by atoms with Crippen molar-refractivity contribution in [3.63, 3.8) is 0 Å². The van der Waals surface area contributed by atoms with Crippen molar-refractivity contribution in [2.24, 2.45) is 0 Å². The van der Waals surface area contributed by atoms with Gasteiger partial charge in [0, 0.05) is 11.6 Å². The molecule has 0 aliphatic carbocycles. The molecule has 1 unspecified atom stereocenters. The van der Waals surface area contributed by atoms with E-state index >= 15 is 0 Å². The molecule has 1 aliphatic heterocycles. The number of benzene rings is 1. The molecule has 0 bridgehead atoms. The average molecular weight is 377 g/mol. The Morgan fingerprint density at radius 3 is 2.15 bits per heavy atom. The fourth-order valence-electron chi connectivity index (χ4n) is 2.66. The lowest BCUT2D eigenvalue weighted by Gasteiger charge is -2.36. The quantitative estimate of drug-likeness (QED) is 0.516. The Kier molecular flexibility index (Phi) is 6.03. The van der Waals surface area contributed by atoms with Gasteiger partial charge in [0.2, 0.25) is 0 Å². The second kappa shape index (κ2) is 7.57. The lowest BCUT2D eigenvalue weighted by atomic mass is 10.0. The number of ether oxygens (including phenoxy) is 2. The molecule has 1 aromatic rings. The third-order valence-electron chi connectivity index (χ3n) is 5.32. The lowest BCUT2D eigenvalue weighted by molar-refractivity contribution is -0.119. The summed E-state index contributed by atoms with van der Waals surface area (Å²) in [5.74, 6) is 1.53. The Morgan fingerprint density at radius 2 is 1.69 bits per heavy atom. The minimum absolute atomic E-state index is 0.0124. The Bertz CT molecular complexity index is 690. The van der Waals surface area contributed by atoms with E-state index in [2.05, 4.69) is 33.9 Å². The molecule has 0 spiro atoms. The topological polar surface area (TPSA) is 44.8 Å². The van der Waals surface area contributed by atoms with Crippen LogP contribution in [-0.4, -0.2) is 33.4 Å². The molecule has 0 radical (unpaired) electrons. The molecule has 1 heterocycles. The minimum Gasteiger partial charge on any atom is -0.491 e. The van der Waals surface area contributed by atoms with Crippen LogP contribution in [0.1, 0.15) is 44.4 Å². The van der Waals surface area contributed by atoms with Crippen molar-refractivity contribution < 1.29 is 18.7 Å². The van der Waals surface area contributed by atoms with Gasteiger partial charge in [0.1, 0.15) is 18.1 Å². The molecule has 4 nitrogen and oxygen atoms in total. The summed E-state index contributed by atoms with van der Waals surface area (Å²) in [6.45, 7) is 18.1. The molecule has 144 valence electrons. The maximum absolute atomic E-state index is 11.7. The molecular weight excluding hydrogens is 344 g/mol. The van der Waals surface area contributed by atoms with Crippen molar-refractivity contribution in [2.75, 3.05) is 13.2 Å². The SMILES string of the molecule is Cc1cc(C2=CC(=O)C(C)O2)cc(C)c1OCCO[Si](C)(C)C(C)(C)C. The van der Waals surface area contributed by atoms with Crippen molar-refractivity contribution in [2.45, 2.75) is 65.8 Å². The Balaban J connectivity index is 2.01. The van der Waals surface area contributed by atoms with Crippen LogP contribution in [-0.2, 0) is 14.0 Å². The maximum atomic E-state index is 11.7. The van der Waals surface area contributed by atoms with Crippen LogP contribution >= 0.6 is 0 Å². The Hall–Kier alpha value is -1.59. The average Bonchev–Trinajstić information content (AvgIpc) is 2.84. The molecule has 0 fully saturated rings. The van der Waals surface area contributed by atoms with Gasteiger partial charge in [-0.05, 0) is 62.2 Å². The standard InChI is InChI=1S/C21H32O4Si/c1-14-11-17(19-13-18(22)16(3)25-19)12-15(2)20(14)23-9-10-24-26(7,8)21(4,5)6/h11-13,16H,9-10H2,1-8H3. The summed E-state index contributed by atoms with van der Waals surface area (Å²) in [7, 11) is -1.75. The maximum Gasteiger partial charge on any atom is 0.199 e. The van der Waals surface area contributed by atoms with Gasteiger partial charge in [-0.25, -0.2) is 0 Å². The fourth-order valence-corrected chi connectivity index (χ4v) is 3.68. The summed E-state index contributed by atoms with van der Waals surface area (Å²) in [5.41, 5.74) is 2.98. The van der Waals surface area contributed by atoms with E-state index in [0.29, 0.717) is 19.0 Å². The van der Waals surface area contributed by atoms with E-state index in [1.165, 1.54) is 0 Å². The molecule has 0 N–H and O–H groups in total. The van der Waals surface area contributed by atoms with Crippen LogP contribution in [0.5, 0.6) is 5.75 Å². The van der Waals surface area contributed by atoms with E-state index in [-0.39, 0.29) is 10.8 Å². The van der Waals surface area contributed by atoms with E-state index in [1.807, 2.05) is 26.0 Å². The van der Waals surface area contributed by atoms with Crippen LogP contribution in [0.3, 0.4) is 0 Å². The summed E-state index contributed by atoms with van der Waals surface area (Å²) < 4.78 is 17.8. The van der Waals surface area contributed by atoms with Gasteiger partial charge in [-0.15, -0.1) is 0 Å². The zero-order valence-corrected chi connectivity index (χ0v) is 18.4. The number of hydrogen-bond donors (Lipinski definition) is 0. The Labute approximate surface area is 158 Å². The molecule has 5 heteroatoms. The smallest absolute Gasteiger partial charge is 0.199 e. The van der Waals surface area contributed by atoms with E-state index in [0.717, 1.165) is 22.4 Å². The largest absolute Gasteiger partial charge is 0.491 e. The van der Waals surface area contributed by atoms with E-state index in [9.17, 15) is 4.79 Å².